The molecule has 0 bridgehead atoms. The van der Waals surface area contributed by atoms with Gasteiger partial charge in [0, 0.05) is 13.1 Å². The molecule has 0 radical (unpaired) electrons. The predicted octanol–water partition coefficient (Wildman–Crippen LogP) is 2.52. The summed E-state index contributed by atoms with van der Waals surface area (Å²) in [5, 5.41) is 0. The van der Waals surface area contributed by atoms with Crippen molar-refractivity contribution in [2.24, 2.45) is 0 Å². The number of rotatable bonds is 7. The molecule has 0 aromatic carbocycles. The lowest BCUT2D eigenvalue weighted by molar-refractivity contribution is -0.162. The first-order valence-electron chi connectivity index (χ1n) is 8.26. The van der Waals surface area contributed by atoms with E-state index >= 15 is 0 Å². The molecule has 21 heavy (non-hydrogen) atoms. The summed E-state index contributed by atoms with van der Waals surface area (Å²) in [7, 11) is 0. The van der Waals surface area contributed by atoms with Gasteiger partial charge in [0.2, 0.25) is 11.8 Å². The van der Waals surface area contributed by atoms with Crippen LogP contribution in [0.5, 0.6) is 0 Å². The summed E-state index contributed by atoms with van der Waals surface area (Å²) in [5.41, 5.74) is 0. The summed E-state index contributed by atoms with van der Waals surface area (Å²) in [6.07, 6.45) is 9.73. The first-order chi connectivity index (χ1) is 10.2. The molecule has 5 heteroatoms. The van der Waals surface area contributed by atoms with E-state index in [1.165, 1.54) is 18.6 Å². The van der Waals surface area contributed by atoms with Crippen LogP contribution in [0.1, 0.15) is 51.9 Å². The molecule has 2 fully saturated rings. The Labute approximate surface area is 132 Å². The van der Waals surface area contributed by atoms with Crippen LogP contribution in [0.25, 0.3) is 0 Å². The zero-order valence-corrected chi connectivity index (χ0v) is 14.2. The molecule has 2 unspecified atom stereocenters. The Balaban J connectivity index is 1.84. The minimum absolute atomic E-state index is 0.154. The molecule has 0 saturated carbocycles. The van der Waals surface area contributed by atoms with E-state index in [4.69, 9.17) is 0 Å². The molecule has 2 atom stereocenters. The Morgan fingerprint density at radius 1 is 1.10 bits per heavy atom. The fraction of sp³-hybridized carbons (Fsp3) is 0.875. The van der Waals surface area contributed by atoms with Crippen molar-refractivity contribution in [2.75, 3.05) is 25.1 Å². The predicted molar refractivity (Wildman–Crippen MR) is 87.4 cm³/mol. The van der Waals surface area contributed by atoms with Crippen molar-refractivity contribution in [3.63, 3.8) is 0 Å². The van der Waals surface area contributed by atoms with E-state index in [2.05, 4.69) is 6.26 Å². The lowest BCUT2D eigenvalue weighted by atomic mass is 9.95. The minimum atomic E-state index is -0.266. The normalized spacial score (nSPS) is 26.2. The highest BCUT2D eigenvalue weighted by Crippen LogP contribution is 2.26. The maximum absolute atomic E-state index is 12.6. The lowest BCUT2D eigenvalue weighted by Gasteiger charge is -2.46. The number of hydrogen-bond acceptors (Lipinski definition) is 3. The van der Waals surface area contributed by atoms with E-state index in [9.17, 15) is 9.59 Å². The van der Waals surface area contributed by atoms with Crippen LogP contribution in [-0.4, -0.2) is 58.8 Å². The number of hydrogen-bond donors (Lipinski definition) is 0. The molecule has 2 aliphatic rings. The Morgan fingerprint density at radius 2 is 1.86 bits per heavy atom. The summed E-state index contributed by atoms with van der Waals surface area (Å²) < 4.78 is 0. The highest BCUT2D eigenvalue weighted by atomic mass is 32.2. The maximum Gasteiger partial charge on any atom is 0.246 e. The molecule has 0 aliphatic carbocycles. The monoisotopic (exact) mass is 312 g/mol. The number of nitrogens with zero attached hydrogens (tertiary/aromatic N) is 2. The smallest absolute Gasteiger partial charge is 0.246 e. The summed E-state index contributed by atoms with van der Waals surface area (Å²) in [5.74, 6) is 1.56. The molecule has 2 heterocycles. The van der Waals surface area contributed by atoms with Crippen molar-refractivity contribution in [1.29, 1.82) is 0 Å². The third-order valence-electron chi connectivity index (χ3n) is 4.68. The Bertz CT molecular complexity index is 375. The van der Waals surface area contributed by atoms with E-state index in [1.54, 1.807) is 0 Å². The van der Waals surface area contributed by atoms with Crippen LogP contribution in [-0.2, 0) is 9.59 Å². The van der Waals surface area contributed by atoms with E-state index in [1.807, 2.05) is 28.5 Å². The lowest BCUT2D eigenvalue weighted by Crippen LogP contribution is -2.65. The van der Waals surface area contributed by atoms with Gasteiger partial charge in [-0.25, -0.2) is 0 Å². The number of piperidine rings is 1. The number of thioether (sulfide) groups is 1. The van der Waals surface area contributed by atoms with Gasteiger partial charge in [-0.1, -0.05) is 12.8 Å². The molecular formula is C16H28N2O2S. The largest absolute Gasteiger partial charge is 0.329 e. The molecule has 0 aromatic rings. The van der Waals surface area contributed by atoms with Crippen LogP contribution in [0, 0.1) is 0 Å². The second-order valence-corrected chi connectivity index (χ2v) is 7.14. The number of piperazine rings is 1. The van der Waals surface area contributed by atoms with Gasteiger partial charge in [0.25, 0.3) is 0 Å². The molecule has 0 aromatic heterocycles. The number of carbonyl (C=O) groups is 2. The van der Waals surface area contributed by atoms with E-state index in [-0.39, 0.29) is 23.9 Å². The van der Waals surface area contributed by atoms with Crippen molar-refractivity contribution >= 4 is 23.6 Å². The Morgan fingerprint density at radius 3 is 2.62 bits per heavy atom. The zero-order chi connectivity index (χ0) is 15.2. The summed E-state index contributed by atoms with van der Waals surface area (Å²) in [6.45, 7) is 3.40. The molecule has 2 saturated heterocycles. The molecule has 4 nitrogen and oxygen atoms in total. The summed E-state index contributed by atoms with van der Waals surface area (Å²) >= 11 is 1.89. The number of carbonyl (C=O) groups excluding carboxylic acids is 2. The highest BCUT2D eigenvalue weighted by Gasteiger charge is 2.44. The highest BCUT2D eigenvalue weighted by molar-refractivity contribution is 7.98. The first-order valence-corrected chi connectivity index (χ1v) is 9.66. The SMILES string of the molecule is CSCCCCCCN1C(=O)C2CCCCN2C(=O)C1C. The van der Waals surface area contributed by atoms with Crippen LogP contribution in [0.3, 0.4) is 0 Å². The quantitative estimate of drug-likeness (QED) is 0.678. The van der Waals surface area contributed by atoms with Crippen molar-refractivity contribution in [2.45, 2.75) is 64.0 Å². The molecule has 2 rings (SSSR count). The maximum atomic E-state index is 12.6. The van der Waals surface area contributed by atoms with Crippen LogP contribution < -0.4 is 0 Å². The van der Waals surface area contributed by atoms with Gasteiger partial charge < -0.3 is 9.80 Å². The van der Waals surface area contributed by atoms with E-state index in [0.717, 1.165) is 45.2 Å². The first kappa shape index (κ1) is 16.7. The Hall–Kier alpha value is -0.710. The van der Waals surface area contributed by atoms with Crippen LogP contribution >= 0.6 is 11.8 Å². The number of amides is 2. The average Bonchev–Trinajstić information content (AvgIpc) is 2.51. The van der Waals surface area contributed by atoms with Gasteiger partial charge in [-0.05, 0) is 51.0 Å². The van der Waals surface area contributed by atoms with Crippen molar-refractivity contribution in [1.82, 2.24) is 9.80 Å². The molecule has 0 spiro atoms. The Kier molecular flexibility index (Phi) is 6.40. The van der Waals surface area contributed by atoms with Gasteiger partial charge in [0.15, 0.2) is 0 Å². The second-order valence-electron chi connectivity index (χ2n) is 6.16. The number of unbranched alkanes of at least 4 members (excludes halogenated alkanes) is 3. The molecule has 2 amide bonds. The molecule has 2 aliphatic heterocycles. The minimum Gasteiger partial charge on any atom is -0.329 e. The van der Waals surface area contributed by atoms with E-state index < -0.39 is 0 Å². The van der Waals surface area contributed by atoms with Gasteiger partial charge in [0.05, 0.1) is 0 Å². The summed E-state index contributed by atoms with van der Waals surface area (Å²) in [6, 6.07) is -0.433. The average molecular weight is 312 g/mol. The fourth-order valence-corrected chi connectivity index (χ4v) is 3.89. The molecule has 120 valence electrons. The van der Waals surface area contributed by atoms with Gasteiger partial charge in [-0.3, -0.25) is 9.59 Å². The van der Waals surface area contributed by atoms with Gasteiger partial charge in [-0.2, -0.15) is 11.8 Å². The zero-order valence-electron chi connectivity index (χ0n) is 13.3. The van der Waals surface area contributed by atoms with Crippen molar-refractivity contribution < 1.29 is 9.59 Å². The van der Waals surface area contributed by atoms with Crippen molar-refractivity contribution in [3.05, 3.63) is 0 Å². The van der Waals surface area contributed by atoms with Gasteiger partial charge >= 0.3 is 0 Å². The third kappa shape index (κ3) is 3.93. The van der Waals surface area contributed by atoms with Crippen LogP contribution in [0.15, 0.2) is 0 Å². The van der Waals surface area contributed by atoms with E-state index in [0.29, 0.717) is 0 Å². The topological polar surface area (TPSA) is 40.6 Å². The van der Waals surface area contributed by atoms with Gasteiger partial charge in [0.1, 0.15) is 12.1 Å². The standard InChI is InChI=1S/C16H28N2O2S/c1-13-15(19)18-11-7-5-9-14(18)16(20)17(13)10-6-3-4-8-12-21-2/h13-14H,3-12H2,1-2H3. The third-order valence-corrected chi connectivity index (χ3v) is 5.37. The molecular weight excluding hydrogens is 284 g/mol. The van der Waals surface area contributed by atoms with Crippen LogP contribution in [0.4, 0.5) is 0 Å². The fourth-order valence-electron chi connectivity index (χ4n) is 3.39. The van der Waals surface area contributed by atoms with Crippen LogP contribution in [0.2, 0.25) is 0 Å². The molecule has 0 N–H and O–H groups in total. The van der Waals surface area contributed by atoms with Gasteiger partial charge in [-0.15, -0.1) is 0 Å². The number of fused-ring (bicyclic) bond motifs is 1. The summed E-state index contributed by atoms with van der Waals surface area (Å²) in [4.78, 5) is 28.7. The second kappa shape index (κ2) is 8.06. The van der Waals surface area contributed by atoms with Crippen molar-refractivity contribution in [3.8, 4) is 0 Å².